The van der Waals surface area contributed by atoms with Gasteiger partial charge in [0.1, 0.15) is 14.1 Å². The predicted octanol–water partition coefficient (Wildman–Crippen LogP) is 6.78. The van der Waals surface area contributed by atoms with Crippen LogP contribution in [0.25, 0.3) is 10.8 Å². The van der Waals surface area contributed by atoms with E-state index in [0.717, 1.165) is 17.1 Å². The Morgan fingerprint density at radius 2 is 1.32 bits per heavy atom. The maximum absolute atomic E-state index is 5.12. The summed E-state index contributed by atoms with van der Waals surface area (Å²) in [6.07, 6.45) is 0. The quantitative estimate of drug-likeness (QED) is 0.279. The van der Waals surface area contributed by atoms with Gasteiger partial charge in [0, 0.05) is 22.3 Å². The summed E-state index contributed by atoms with van der Waals surface area (Å²) in [5.74, 6) is 0.954. The highest BCUT2D eigenvalue weighted by molar-refractivity contribution is 6.79. The van der Waals surface area contributed by atoms with Gasteiger partial charge < -0.3 is 15.0 Å². The standard InChI is InChI=1S/C23H31N3Si2/c1-27(2,3)25-21-17-11-15-18-14-10-16-20(22(18)21)24-23(26-28(4,5)6)19-12-8-7-9-13-19/h7-17,25H,1-6H3,(H,24,26). The van der Waals surface area contributed by atoms with E-state index >= 15 is 0 Å². The highest BCUT2D eigenvalue weighted by atomic mass is 28.3. The monoisotopic (exact) mass is 405 g/mol. The first-order valence-electron chi connectivity index (χ1n) is 9.85. The third-order valence-corrected chi connectivity index (χ3v) is 6.08. The van der Waals surface area contributed by atoms with E-state index in [1.807, 2.05) is 6.07 Å². The predicted molar refractivity (Wildman–Crippen MR) is 131 cm³/mol. The number of anilines is 2. The van der Waals surface area contributed by atoms with Crippen molar-refractivity contribution in [3.8, 4) is 0 Å². The second-order valence-corrected chi connectivity index (χ2v) is 18.5. The van der Waals surface area contributed by atoms with Crippen LogP contribution in [0.15, 0.2) is 71.4 Å². The van der Waals surface area contributed by atoms with Crippen molar-refractivity contribution in [2.75, 3.05) is 10.3 Å². The molecule has 0 aliphatic rings. The van der Waals surface area contributed by atoms with Crippen LogP contribution in [0, 0.1) is 0 Å². The zero-order valence-electron chi connectivity index (χ0n) is 17.8. The van der Waals surface area contributed by atoms with Crippen LogP contribution in [-0.2, 0) is 0 Å². The molecule has 0 aliphatic carbocycles. The molecule has 0 amide bonds. The Balaban J connectivity index is 2.13. The molecule has 3 rings (SSSR count). The molecular weight excluding hydrogens is 374 g/mol. The van der Waals surface area contributed by atoms with Gasteiger partial charge in [-0.2, -0.15) is 0 Å². The van der Waals surface area contributed by atoms with Gasteiger partial charge in [-0.15, -0.1) is 0 Å². The van der Waals surface area contributed by atoms with Crippen molar-refractivity contribution in [1.29, 1.82) is 0 Å². The number of benzene rings is 3. The lowest BCUT2D eigenvalue weighted by atomic mass is 10.1. The lowest BCUT2D eigenvalue weighted by Gasteiger charge is -2.23. The van der Waals surface area contributed by atoms with Gasteiger partial charge in [0.05, 0.1) is 0 Å². The normalized spacial score (nSPS) is 12.9. The van der Waals surface area contributed by atoms with Crippen molar-refractivity contribution < 1.29 is 0 Å². The summed E-state index contributed by atoms with van der Waals surface area (Å²) in [5.41, 5.74) is 3.41. The maximum Gasteiger partial charge on any atom is 0.175 e. The highest BCUT2D eigenvalue weighted by Gasteiger charge is 2.18. The highest BCUT2D eigenvalue weighted by Crippen LogP contribution is 2.32. The molecule has 2 N–H and O–H groups in total. The molecular formula is C23H31N3Si2. The van der Waals surface area contributed by atoms with E-state index in [2.05, 4.69) is 110 Å². The molecule has 5 heteroatoms. The van der Waals surface area contributed by atoms with E-state index in [4.69, 9.17) is 4.66 Å². The van der Waals surface area contributed by atoms with Crippen LogP contribution in [0.5, 0.6) is 0 Å². The van der Waals surface area contributed by atoms with E-state index in [-0.39, 0.29) is 0 Å². The molecule has 0 heterocycles. The average molecular weight is 406 g/mol. The van der Waals surface area contributed by atoms with E-state index in [1.165, 1.54) is 16.5 Å². The summed E-state index contributed by atoms with van der Waals surface area (Å²) in [6, 6.07) is 23.4. The fourth-order valence-corrected chi connectivity index (χ4v) is 5.05. The molecule has 0 aliphatic heterocycles. The van der Waals surface area contributed by atoms with Crippen LogP contribution in [0.3, 0.4) is 0 Å². The molecule has 0 saturated carbocycles. The topological polar surface area (TPSA) is 36.4 Å². The van der Waals surface area contributed by atoms with Gasteiger partial charge in [-0.05, 0) is 37.2 Å². The molecule has 0 bridgehead atoms. The molecule has 3 nitrogen and oxygen atoms in total. The molecule has 0 fully saturated rings. The third-order valence-electron chi connectivity index (χ3n) is 4.16. The van der Waals surface area contributed by atoms with E-state index in [1.54, 1.807) is 0 Å². The van der Waals surface area contributed by atoms with Crippen LogP contribution < -0.4 is 10.3 Å². The van der Waals surface area contributed by atoms with E-state index in [0.29, 0.717) is 0 Å². The summed E-state index contributed by atoms with van der Waals surface area (Å²) in [4.78, 5) is 3.79. The Kier molecular flexibility index (Phi) is 5.77. The Bertz CT molecular complexity index is 979. The first kappa shape index (κ1) is 20.4. The summed E-state index contributed by atoms with van der Waals surface area (Å²) < 4.78 is 5.12. The third kappa shape index (κ3) is 5.33. The first-order chi connectivity index (χ1) is 13.1. The minimum absolute atomic E-state index is 0.954. The van der Waals surface area contributed by atoms with Gasteiger partial charge in [-0.25, -0.2) is 0 Å². The van der Waals surface area contributed by atoms with Gasteiger partial charge in [0.25, 0.3) is 0 Å². The summed E-state index contributed by atoms with van der Waals surface area (Å²) in [6.45, 7) is 13.8. The van der Waals surface area contributed by atoms with Crippen molar-refractivity contribution in [2.24, 2.45) is 4.66 Å². The lowest BCUT2D eigenvalue weighted by molar-refractivity contribution is 1.50. The Labute approximate surface area is 171 Å². The molecule has 0 saturated heterocycles. The van der Waals surface area contributed by atoms with Crippen LogP contribution >= 0.6 is 0 Å². The second kappa shape index (κ2) is 7.93. The largest absolute Gasteiger partial charge is 0.410 e. The molecule has 28 heavy (non-hydrogen) atoms. The number of hydrogen-bond acceptors (Lipinski definition) is 2. The number of hydrogen-bond donors (Lipinski definition) is 2. The SMILES string of the molecule is C[Si](C)(C)N=C(Nc1cccc2cccc(N[Si](C)(C)C)c12)c1ccccc1. The molecule has 0 spiro atoms. The van der Waals surface area contributed by atoms with E-state index < -0.39 is 16.5 Å². The fourth-order valence-electron chi connectivity index (χ4n) is 3.18. The average Bonchev–Trinajstić information content (AvgIpc) is 2.60. The smallest absolute Gasteiger partial charge is 0.175 e. The molecule has 0 aromatic heterocycles. The number of nitrogens with zero attached hydrogens (tertiary/aromatic N) is 1. The van der Waals surface area contributed by atoms with Gasteiger partial charge in [-0.1, -0.05) is 74.2 Å². The van der Waals surface area contributed by atoms with Gasteiger partial charge >= 0.3 is 0 Å². The van der Waals surface area contributed by atoms with Crippen molar-refractivity contribution in [2.45, 2.75) is 39.3 Å². The van der Waals surface area contributed by atoms with Gasteiger partial charge in [-0.3, -0.25) is 0 Å². The van der Waals surface area contributed by atoms with Crippen molar-refractivity contribution in [1.82, 2.24) is 0 Å². The number of nitrogens with one attached hydrogen (secondary N) is 2. The summed E-state index contributed by atoms with van der Waals surface area (Å²) in [7, 11) is -3.14. The van der Waals surface area contributed by atoms with Crippen molar-refractivity contribution in [3.63, 3.8) is 0 Å². The molecule has 0 atom stereocenters. The minimum Gasteiger partial charge on any atom is -0.410 e. The molecule has 0 unspecified atom stereocenters. The maximum atomic E-state index is 5.12. The zero-order valence-corrected chi connectivity index (χ0v) is 19.8. The number of rotatable bonds is 5. The summed E-state index contributed by atoms with van der Waals surface area (Å²) >= 11 is 0. The van der Waals surface area contributed by atoms with Crippen LogP contribution in [0.2, 0.25) is 39.3 Å². The molecule has 3 aromatic carbocycles. The number of amidine groups is 1. The first-order valence-corrected chi connectivity index (χ1v) is 16.8. The number of fused-ring (bicyclic) bond motifs is 1. The Morgan fingerprint density at radius 3 is 1.89 bits per heavy atom. The van der Waals surface area contributed by atoms with Crippen LogP contribution in [-0.4, -0.2) is 22.3 Å². The summed E-state index contributed by atoms with van der Waals surface area (Å²) in [5, 5.41) is 6.14. The second-order valence-electron chi connectivity index (χ2n) is 9.21. The Morgan fingerprint density at radius 1 is 0.714 bits per heavy atom. The fraction of sp³-hybridized carbons (Fsp3) is 0.261. The Hall–Kier alpha value is -2.38. The molecule has 146 valence electrons. The van der Waals surface area contributed by atoms with E-state index in [9.17, 15) is 0 Å². The molecule has 0 radical (unpaired) electrons. The van der Waals surface area contributed by atoms with Gasteiger partial charge in [0.2, 0.25) is 0 Å². The van der Waals surface area contributed by atoms with Crippen LogP contribution in [0.4, 0.5) is 11.4 Å². The zero-order chi connectivity index (χ0) is 20.4. The van der Waals surface area contributed by atoms with Crippen LogP contribution in [0.1, 0.15) is 5.56 Å². The van der Waals surface area contributed by atoms with Crippen molar-refractivity contribution in [3.05, 3.63) is 72.3 Å². The van der Waals surface area contributed by atoms with Crippen molar-refractivity contribution >= 4 is 44.5 Å². The lowest BCUT2D eigenvalue weighted by Crippen LogP contribution is -2.32. The minimum atomic E-state index is -1.66. The molecule has 3 aromatic rings. The van der Waals surface area contributed by atoms with Gasteiger partial charge in [0.15, 0.2) is 8.24 Å².